The summed E-state index contributed by atoms with van der Waals surface area (Å²) in [5.41, 5.74) is 14.4. The number of hydrogen-bond donors (Lipinski definition) is 1. The average molecular weight is 715 g/mol. The molecule has 0 aliphatic heterocycles. The molecule has 4 heteroatoms. The molecule has 0 spiro atoms. The second-order valence-corrected chi connectivity index (χ2v) is 14.5. The van der Waals surface area contributed by atoms with Crippen molar-refractivity contribution in [3.8, 4) is 55.1 Å². The van der Waals surface area contributed by atoms with Gasteiger partial charge in [-0.05, 0) is 75.8 Å². The Balaban J connectivity index is 1.25. The number of thiol groups is 1. The van der Waals surface area contributed by atoms with Crippen LogP contribution in [0.25, 0.3) is 65.3 Å². The van der Waals surface area contributed by atoms with Gasteiger partial charge in [0.15, 0.2) is 0 Å². The molecule has 252 valence electrons. The van der Waals surface area contributed by atoms with Crippen molar-refractivity contribution < 1.29 is 0 Å². The van der Waals surface area contributed by atoms with E-state index in [1.807, 2.05) is 6.07 Å². The van der Waals surface area contributed by atoms with Gasteiger partial charge in [-0.15, -0.1) is 24.0 Å². The number of benzene rings is 8. The first kappa shape index (κ1) is 32.7. The first-order valence-corrected chi connectivity index (χ1v) is 18.9. The van der Waals surface area contributed by atoms with Gasteiger partial charge in [0.05, 0.1) is 21.6 Å². The number of hydrogen-bond acceptors (Lipinski definition) is 4. The fourth-order valence-electron chi connectivity index (χ4n) is 7.01. The maximum Gasteiger partial charge on any atom is 0.124 e. The van der Waals surface area contributed by atoms with E-state index in [0.717, 1.165) is 65.0 Å². The third-order valence-electron chi connectivity index (χ3n) is 9.62. The van der Waals surface area contributed by atoms with Crippen LogP contribution < -0.4 is 4.90 Å². The Morgan fingerprint density at radius 1 is 0.396 bits per heavy atom. The zero-order chi connectivity index (χ0) is 35.6. The van der Waals surface area contributed by atoms with Crippen LogP contribution >= 0.6 is 24.0 Å². The van der Waals surface area contributed by atoms with E-state index in [4.69, 9.17) is 17.6 Å². The molecular formula is C49H34N2S2. The van der Waals surface area contributed by atoms with E-state index in [1.165, 1.54) is 22.3 Å². The zero-order valence-corrected chi connectivity index (χ0v) is 30.5. The third-order valence-corrected chi connectivity index (χ3v) is 11.1. The van der Waals surface area contributed by atoms with Gasteiger partial charge in [-0.1, -0.05) is 158 Å². The molecule has 0 atom stereocenters. The summed E-state index contributed by atoms with van der Waals surface area (Å²) in [6.45, 7) is 0. The summed E-state index contributed by atoms with van der Waals surface area (Å²) in [5.74, 6) is 0. The molecule has 0 saturated heterocycles. The number of fused-ring (bicyclic) bond motifs is 1. The molecule has 9 rings (SSSR count). The number of thiazole rings is 1. The molecule has 1 aromatic heterocycles. The van der Waals surface area contributed by atoms with Crippen molar-refractivity contribution in [1.82, 2.24) is 4.98 Å². The van der Waals surface area contributed by atoms with Crippen molar-refractivity contribution in [3.63, 3.8) is 0 Å². The molecule has 0 fully saturated rings. The van der Waals surface area contributed by atoms with Gasteiger partial charge >= 0.3 is 0 Å². The Kier molecular flexibility index (Phi) is 8.90. The molecule has 0 N–H and O–H groups in total. The third kappa shape index (κ3) is 6.55. The molecule has 0 radical (unpaired) electrons. The van der Waals surface area contributed by atoms with Crippen LogP contribution in [0, 0.1) is 0 Å². The van der Waals surface area contributed by atoms with Crippen LogP contribution in [-0.2, 0) is 0 Å². The standard InChI is InChI=1S/C49H34N2S2/c52-47-33-44-48(53-49(50-44)38-21-11-4-12-22-38)32-43(47)41-23-13-14-24-45(41)51(40-28-25-36(26-29-40)34-15-5-1-6-16-34)46-30-27-39(35-17-7-2-8-18-35)31-42(46)37-19-9-3-10-20-37/h1-33,52H. The lowest BCUT2D eigenvalue weighted by molar-refractivity contribution is 1.28. The summed E-state index contributed by atoms with van der Waals surface area (Å²) >= 11 is 6.82. The number of nitrogens with zero attached hydrogens (tertiary/aromatic N) is 2. The first-order chi connectivity index (χ1) is 26.2. The van der Waals surface area contributed by atoms with Gasteiger partial charge in [0.2, 0.25) is 0 Å². The minimum atomic E-state index is 0.886. The van der Waals surface area contributed by atoms with Crippen LogP contribution in [0.1, 0.15) is 0 Å². The van der Waals surface area contributed by atoms with Crippen LogP contribution in [-0.4, -0.2) is 4.98 Å². The molecule has 53 heavy (non-hydrogen) atoms. The van der Waals surface area contributed by atoms with E-state index in [-0.39, 0.29) is 0 Å². The van der Waals surface area contributed by atoms with E-state index in [1.54, 1.807) is 11.3 Å². The number of rotatable bonds is 8. The summed E-state index contributed by atoms with van der Waals surface area (Å²) in [4.78, 5) is 8.29. The second-order valence-electron chi connectivity index (χ2n) is 13.0. The van der Waals surface area contributed by atoms with Crippen molar-refractivity contribution in [2.75, 3.05) is 4.90 Å². The van der Waals surface area contributed by atoms with Crippen LogP contribution in [0.4, 0.5) is 17.1 Å². The summed E-state index contributed by atoms with van der Waals surface area (Å²) in [6, 6.07) is 71.0. The van der Waals surface area contributed by atoms with Crippen molar-refractivity contribution in [2.24, 2.45) is 0 Å². The van der Waals surface area contributed by atoms with Gasteiger partial charge in [-0.25, -0.2) is 4.98 Å². The number of aromatic nitrogens is 1. The van der Waals surface area contributed by atoms with Crippen molar-refractivity contribution in [1.29, 1.82) is 0 Å². The summed E-state index contributed by atoms with van der Waals surface area (Å²) in [5, 5.41) is 1.00. The molecule has 0 amide bonds. The molecule has 8 aromatic carbocycles. The van der Waals surface area contributed by atoms with E-state index < -0.39 is 0 Å². The fourth-order valence-corrected chi connectivity index (χ4v) is 8.31. The SMILES string of the molecule is Sc1cc2nc(-c3ccccc3)sc2cc1-c1ccccc1N(c1ccc(-c2ccccc2)cc1)c1ccc(-c2ccccc2)cc1-c1ccccc1. The summed E-state index contributed by atoms with van der Waals surface area (Å²) < 4.78 is 1.13. The highest BCUT2D eigenvalue weighted by Crippen LogP contribution is 2.47. The van der Waals surface area contributed by atoms with E-state index >= 15 is 0 Å². The van der Waals surface area contributed by atoms with Crippen LogP contribution in [0.5, 0.6) is 0 Å². The van der Waals surface area contributed by atoms with Crippen molar-refractivity contribution in [2.45, 2.75) is 4.90 Å². The number of para-hydroxylation sites is 1. The monoisotopic (exact) mass is 714 g/mol. The smallest absolute Gasteiger partial charge is 0.124 e. The van der Waals surface area contributed by atoms with Gasteiger partial charge in [-0.2, -0.15) is 0 Å². The molecule has 0 saturated carbocycles. The lowest BCUT2D eigenvalue weighted by Crippen LogP contribution is -2.12. The van der Waals surface area contributed by atoms with Crippen LogP contribution in [0.2, 0.25) is 0 Å². The van der Waals surface area contributed by atoms with Crippen LogP contribution in [0.15, 0.2) is 205 Å². The Hall–Kier alpha value is -6.20. The van der Waals surface area contributed by atoms with E-state index in [9.17, 15) is 0 Å². The molecule has 0 unspecified atom stereocenters. The Morgan fingerprint density at radius 3 is 1.57 bits per heavy atom. The maximum absolute atomic E-state index is 5.10. The molecular weight excluding hydrogens is 681 g/mol. The Bertz CT molecular complexity index is 2650. The zero-order valence-electron chi connectivity index (χ0n) is 28.8. The summed E-state index contributed by atoms with van der Waals surface area (Å²) in [7, 11) is 0. The molecule has 9 aromatic rings. The van der Waals surface area contributed by atoms with E-state index in [0.29, 0.717) is 0 Å². The topological polar surface area (TPSA) is 16.1 Å². The highest BCUT2D eigenvalue weighted by molar-refractivity contribution is 7.80. The normalized spacial score (nSPS) is 11.1. The maximum atomic E-state index is 5.10. The molecule has 1 heterocycles. The predicted octanol–water partition coefficient (Wildman–Crippen LogP) is 14.4. The summed E-state index contributed by atoms with van der Waals surface area (Å²) in [6.07, 6.45) is 0. The Morgan fingerprint density at radius 2 is 0.906 bits per heavy atom. The largest absolute Gasteiger partial charge is 0.309 e. The quantitative estimate of drug-likeness (QED) is 0.158. The van der Waals surface area contributed by atoms with Crippen molar-refractivity contribution in [3.05, 3.63) is 200 Å². The molecule has 2 nitrogen and oxygen atoms in total. The molecule has 0 aliphatic carbocycles. The second kappa shape index (κ2) is 14.4. The van der Waals surface area contributed by atoms with Gasteiger partial charge in [0, 0.05) is 27.3 Å². The minimum Gasteiger partial charge on any atom is -0.309 e. The van der Waals surface area contributed by atoms with Crippen LogP contribution in [0.3, 0.4) is 0 Å². The predicted molar refractivity (Wildman–Crippen MR) is 229 cm³/mol. The lowest BCUT2D eigenvalue weighted by Gasteiger charge is -2.30. The number of anilines is 3. The lowest BCUT2D eigenvalue weighted by atomic mass is 9.95. The average Bonchev–Trinajstić information content (AvgIpc) is 3.65. The molecule has 0 aliphatic rings. The highest BCUT2D eigenvalue weighted by atomic mass is 32.1. The van der Waals surface area contributed by atoms with E-state index in [2.05, 4.69) is 199 Å². The van der Waals surface area contributed by atoms with Crippen molar-refractivity contribution >= 4 is 51.2 Å². The first-order valence-electron chi connectivity index (χ1n) is 17.7. The fraction of sp³-hybridized carbons (Fsp3) is 0. The molecule has 0 bridgehead atoms. The van der Waals surface area contributed by atoms with Gasteiger partial charge in [-0.3, -0.25) is 0 Å². The van der Waals surface area contributed by atoms with Gasteiger partial charge < -0.3 is 4.90 Å². The minimum absolute atomic E-state index is 0.886. The highest BCUT2D eigenvalue weighted by Gasteiger charge is 2.22. The van der Waals surface area contributed by atoms with Gasteiger partial charge in [0.1, 0.15) is 5.01 Å². The van der Waals surface area contributed by atoms with Gasteiger partial charge in [0.25, 0.3) is 0 Å². The Labute approximate surface area is 319 Å².